The molecule has 1 atom stereocenters. The largest absolute Gasteiger partial charge is 0.339 e. The first kappa shape index (κ1) is 13.9. The summed E-state index contributed by atoms with van der Waals surface area (Å²) < 4.78 is 0. The molecule has 2 rings (SSSR count). The van der Waals surface area contributed by atoms with Crippen LogP contribution in [0.3, 0.4) is 0 Å². The minimum absolute atomic E-state index is 0.148. The lowest BCUT2D eigenvalue weighted by Gasteiger charge is -2.21. The fourth-order valence-corrected chi connectivity index (χ4v) is 2.63. The number of hydrazine groups is 1. The average molecular weight is 261 g/mol. The van der Waals surface area contributed by atoms with E-state index in [4.69, 9.17) is 5.84 Å². The molecule has 0 aliphatic carbocycles. The molecule has 0 saturated carbocycles. The number of aryl methyl sites for hydroxylation is 1. The van der Waals surface area contributed by atoms with E-state index < -0.39 is 0 Å². The standard InChI is InChI=1S/C15H23N3O/c1-11-4-3-8-18(9-7-11)15(19)14-6-5-13(17-16)10-12(14)2/h5-6,10-11,17H,3-4,7-9,16H2,1-2H3. The fourth-order valence-electron chi connectivity index (χ4n) is 2.63. The summed E-state index contributed by atoms with van der Waals surface area (Å²) in [6.45, 7) is 5.96. The molecule has 1 amide bonds. The van der Waals surface area contributed by atoms with Crippen molar-refractivity contribution in [2.24, 2.45) is 11.8 Å². The van der Waals surface area contributed by atoms with Crippen molar-refractivity contribution in [2.45, 2.75) is 33.1 Å². The van der Waals surface area contributed by atoms with Crippen molar-refractivity contribution in [3.8, 4) is 0 Å². The van der Waals surface area contributed by atoms with Crippen LogP contribution in [0, 0.1) is 12.8 Å². The van der Waals surface area contributed by atoms with E-state index in [9.17, 15) is 4.79 Å². The van der Waals surface area contributed by atoms with E-state index in [-0.39, 0.29) is 5.91 Å². The highest BCUT2D eigenvalue weighted by molar-refractivity contribution is 5.96. The number of carbonyl (C=O) groups is 1. The Morgan fingerprint density at radius 1 is 1.37 bits per heavy atom. The monoisotopic (exact) mass is 261 g/mol. The van der Waals surface area contributed by atoms with Crippen LogP contribution in [0.2, 0.25) is 0 Å². The maximum Gasteiger partial charge on any atom is 0.254 e. The van der Waals surface area contributed by atoms with Gasteiger partial charge in [0.05, 0.1) is 0 Å². The molecule has 1 fully saturated rings. The Balaban J connectivity index is 2.14. The van der Waals surface area contributed by atoms with Gasteiger partial charge in [-0.3, -0.25) is 10.6 Å². The number of anilines is 1. The number of nitrogen functional groups attached to an aromatic ring is 1. The summed E-state index contributed by atoms with van der Waals surface area (Å²) in [5, 5.41) is 0. The molecule has 0 spiro atoms. The number of nitrogens with one attached hydrogen (secondary N) is 1. The summed E-state index contributed by atoms with van der Waals surface area (Å²) in [7, 11) is 0. The number of hydrogen-bond donors (Lipinski definition) is 2. The zero-order chi connectivity index (χ0) is 13.8. The molecule has 0 bridgehead atoms. The minimum atomic E-state index is 0.148. The van der Waals surface area contributed by atoms with E-state index in [2.05, 4.69) is 12.3 Å². The zero-order valence-corrected chi connectivity index (χ0v) is 11.8. The second-order valence-electron chi connectivity index (χ2n) is 5.50. The van der Waals surface area contributed by atoms with Crippen LogP contribution in [0.1, 0.15) is 42.1 Å². The first-order valence-corrected chi connectivity index (χ1v) is 6.98. The van der Waals surface area contributed by atoms with Crippen molar-refractivity contribution in [1.29, 1.82) is 0 Å². The number of carbonyl (C=O) groups excluding carboxylic acids is 1. The fraction of sp³-hybridized carbons (Fsp3) is 0.533. The van der Waals surface area contributed by atoms with Gasteiger partial charge in [0.25, 0.3) is 5.91 Å². The van der Waals surface area contributed by atoms with Crippen molar-refractivity contribution in [3.63, 3.8) is 0 Å². The van der Waals surface area contributed by atoms with Crippen LogP contribution < -0.4 is 11.3 Å². The Bertz CT molecular complexity index is 459. The Kier molecular flexibility index (Phi) is 4.43. The van der Waals surface area contributed by atoms with Gasteiger partial charge in [-0.2, -0.15) is 0 Å². The van der Waals surface area contributed by atoms with Crippen molar-refractivity contribution in [1.82, 2.24) is 4.90 Å². The van der Waals surface area contributed by atoms with Crippen LogP contribution in [-0.4, -0.2) is 23.9 Å². The van der Waals surface area contributed by atoms with Crippen LogP contribution in [0.15, 0.2) is 18.2 Å². The van der Waals surface area contributed by atoms with Crippen molar-refractivity contribution < 1.29 is 4.79 Å². The van der Waals surface area contributed by atoms with Gasteiger partial charge in [0.15, 0.2) is 0 Å². The Morgan fingerprint density at radius 3 is 2.84 bits per heavy atom. The SMILES string of the molecule is Cc1cc(NN)ccc1C(=O)N1CCCC(C)CC1. The summed E-state index contributed by atoms with van der Waals surface area (Å²) in [6, 6.07) is 5.62. The molecule has 0 radical (unpaired) electrons. The molecule has 1 saturated heterocycles. The predicted octanol–water partition coefficient (Wildman–Crippen LogP) is 2.54. The molecule has 19 heavy (non-hydrogen) atoms. The molecule has 1 aromatic carbocycles. The number of nitrogens with zero attached hydrogens (tertiary/aromatic N) is 1. The van der Waals surface area contributed by atoms with E-state index in [0.717, 1.165) is 48.7 Å². The number of amides is 1. The molecule has 1 heterocycles. The maximum absolute atomic E-state index is 12.6. The van der Waals surface area contributed by atoms with Gasteiger partial charge in [-0.25, -0.2) is 0 Å². The van der Waals surface area contributed by atoms with E-state index in [1.165, 1.54) is 6.42 Å². The van der Waals surface area contributed by atoms with Gasteiger partial charge in [-0.05, 0) is 55.9 Å². The third-order valence-corrected chi connectivity index (χ3v) is 3.93. The lowest BCUT2D eigenvalue weighted by Crippen LogP contribution is -2.32. The second kappa shape index (κ2) is 6.06. The summed E-state index contributed by atoms with van der Waals surface area (Å²) >= 11 is 0. The normalized spacial score (nSPS) is 19.9. The number of nitrogens with two attached hydrogens (primary N) is 1. The van der Waals surface area contributed by atoms with Gasteiger partial charge < -0.3 is 10.3 Å². The van der Waals surface area contributed by atoms with E-state index in [1.807, 2.05) is 30.0 Å². The van der Waals surface area contributed by atoms with Crippen LogP contribution in [-0.2, 0) is 0 Å². The summed E-state index contributed by atoms with van der Waals surface area (Å²) in [5.74, 6) is 6.25. The van der Waals surface area contributed by atoms with E-state index >= 15 is 0 Å². The van der Waals surface area contributed by atoms with Gasteiger partial charge in [0.2, 0.25) is 0 Å². The average Bonchev–Trinajstić information content (AvgIpc) is 2.62. The van der Waals surface area contributed by atoms with Crippen LogP contribution in [0.25, 0.3) is 0 Å². The third-order valence-electron chi connectivity index (χ3n) is 3.93. The predicted molar refractivity (Wildman–Crippen MR) is 77.9 cm³/mol. The van der Waals surface area contributed by atoms with Crippen LogP contribution in [0.5, 0.6) is 0 Å². The topological polar surface area (TPSA) is 58.4 Å². The molecule has 1 aliphatic heterocycles. The number of likely N-dealkylation sites (tertiary alicyclic amines) is 1. The molecule has 4 nitrogen and oxygen atoms in total. The summed E-state index contributed by atoms with van der Waals surface area (Å²) in [4.78, 5) is 14.5. The van der Waals surface area contributed by atoms with E-state index in [0.29, 0.717) is 0 Å². The van der Waals surface area contributed by atoms with Crippen molar-refractivity contribution in [3.05, 3.63) is 29.3 Å². The minimum Gasteiger partial charge on any atom is -0.339 e. The van der Waals surface area contributed by atoms with Crippen molar-refractivity contribution in [2.75, 3.05) is 18.5 Å². The Labute approximate surface area is 114 Å². The third kappa shape index (κ3) is 3.26. The molecule has 1 unspecified atom stereocenters. The highest BCUT2D eigenvalue weighted by Gasteiger charge is 2.20. The van der Waals surface area contributed by atoms with Gasteiger partial charge in [-0.15, -0.1) is 0 Å². The van der Waals surface area contributed by atoms with Gasteiger partial charge >= 0.3 is 0 Å². The smallest absolute Gasteiger partial charge is 0.254 e. The molecule has 1 aliphatic rings. The first-order valence-electron chi connectivity index (χ1n) is 6.98. The number of benzene rings is 1. The van der Waals surface area contributed by atoms with E-state index in [1.54, 1.807) is 0 Å². The summed E-state index contributed by atoms with van der Waals surface area (Å²) in [6.07, 6.45) is 3.43. The molecular weight excluding hydrogens is 238 g/mol. The number of hydrogen-bond acceptors (Lipinski definition) is 3. The zero-order valence-electron chi connectivity index (χ0n) is 11.8. The Hall–Kier alpha value is -1.55. The quantitative estimate of drug-likeness (QED) is 0.635. The van der Waals surface area contributed by atoms with Gasteiger partial charge in [-0.1, -0.05) is 6.92 Å². The molecule has 0 aromatic heterocycles. The lowest BCUT2D eigenvalue weighted by molar-refractivity contribution is 0.0759. The lowest BCUT2D eigenvalue weighted by atomic mass is 10.0. The maximum atomic E-state index is 12.6. The van der Waals surface area contributed by atoms with Crippen molar-refractivity contribution >= 4 is 11.6 Å². The number of rotatable bonds is 2. The van der Waals surface area contributed by atoms with Gasteiger partial charge in [0.1, 0.15) is 0 Å². The molecule has 1 aromatic rings. The highest BCUT2D eigenvalue weighted by Crippen LogP contribution is 2.21. The first-order chi connectivity index (χ1) is 9.11. The molecule has 3 N–H and O–H groups in total. The van der Waals surface area contributed by atoms with Crippen LogP contribution >= 0.6 is 0 Å². The molecular formula is C15H23N3O. The Morgan fingerprint density at radius 2 is 2.16 bits per heavy atom. The molecule has 4 heteroatoms. The second-order valence-corrected chi connectivity index (χ2v) is 5.50. The van der Waals surface area contributed by atoms with Gasteiger partial charge in [0, 0.05) is 24.3 Å². The summed E-state index contributed by atoms with van der Waals surface area (Å²) in [5.41, 5.74) is 5.19. The van der Waals surface area contributed by atoms with Crippen LogP contribution in [0.4, 0.5) is 5.69 Å². The highest BCUT2D eigenvalue weighted by atomic mass is 16.2. The molecule has 104 valence electrons.